The summed E-state index contributed by atoms with van der Waals surface area (Å²) in [6.07, 6.45) is 3.90. The lowest BCUT2D eigenvalue weighted by Gasteiger charge is -2.42. The number of rotatable bonds is 4. The van der Waals surface area contributed by atoms with E-state index in [9.17, 15) is 4.79 Å². The van der Waals surface area contributed by atoms with Crippen LogP contribution in [0.5, 0.6) is 0 Å². The molecule has 104 valence electrons. The Morgan fingerprint density at radius 3 is 2.70 bits per heavy atom. The molecule has 0 unspecified atom stereocenters. The number of amides is 1. The molecular formula is C15H17N3O2. The first-order chi connectivity index (χ1) is 9.68. The van der Waals surface area contributed by atoms with Crippen LogP contribution in [0.4, 0.5) is 0 Å². The molecule has 1 N–H and O–H groups in total. The Labute approximate surface area is 117 Å². The molecule has 0 spiro atoms. The van der Waals surface area contributed by atoms with Gasteiger partial charge in [0.1, 0.15) is 5.54 Å². The fourth-order valence-corrected chi connectivity index (χ4v) is 2.43. The van der Waals surface area contributed by atoms with Crippen LogP contribution in [0.2, 0.25) is 0 Å². The maximum atomic E-state index is 12.2. The SMILES string of the molecule is Cn1cc(CC(=O)NC2(c3ccccc3)COC2)cn1. The maximum Gasteiger partial charge on any atom is 0.225 e. The number of carbonyl (C=O) groups excluding carboxylic acids is 1. The van der Waals surface area contributed by atoms with Gasteiger partial charge >= 0.3 is 0 Å². The summed E-state index contributed by atoms with van der Waals surface area (Å²) in [5.74, 6) is -0.00912. The number of hydrogen-bond acceptors (Lipinski definition) is 3. The molecule has 1 fully saturated rings. The van der Waals surface area contributed by atoms with Gasteiger partial charge in [-0.05, 0) is 11.1 Å². The van der Waals surface area contributed by atoms with Gasteiger partial charge in [0, 0.05) is 13.2 Å². The molecule has 0 aliphatic carbocycles. The zero-order valence-electron chi connectivity index (χ0n) is 11.4. The number of aromatic nitrogens is 2. The molecule has 2 aromatic rings. The van der Waals surface area contributed by atoms with Crippen LogP contribution < -0.4 is 5.32 Å². The van der Waals surface area contributed by atoms with E-state index in [1.54, 1.807) is 10.9 Å². The third kappa shape index (κ3) is 2.44. The van der Waals surface area contributed by atoms with E-state index in [1.807, 2.05) is 43.6 Å². The fourth-order valence-electron chi connectivity index (χ4n) is 2.43. The van der Waals surface area contributed by atoms with Crippen LogP contribution >= 0.6 is 0 Å². The second kappa shape index (κ2) is 5.09. The molecule has 1 aliphatic rings. The van der Waals surface area contributed by atoms with Crippen LogP contribution in [-0.2, 0) is 28.5 Å². The second-order valence-electron chi connectivity index (χ2n) is 5.19. The first-order valence-corrected chi connectivity index (χ1v) is 6.60. The van der Waals surface area contributed by atoms with Gasteiger partial charge in [-0.2, -0.15) is 5.10 Å². The fraction of sp³-hybridized carbons (Fsp3) is 0.333. The molecule has 5 heteroatoms. The summed E-state index contributed by atoms with van der Waals surface area (Å²) in [4.78, 5) is 12.2. The number of ether oxygens (including phenoxy) is 1. The number of carbonyl (C=O) groups is 1. The third-order valence-electron chi connectivity index (χ3n) is 3.53. The van der Waals surface area contributed by atoms with E-state index >= 15 is 0 Å². The lowest BCUT2D eigenvalue weighted by Crippen LogP contribution is -2.59. The Morgan fingerprint density at radius 2 is 2.15 bits per heavy atom. The van der Waals surface area contributed by atoms with Crippen molar-refractivity contribution in [1.29, 1.82) is 0 Å². The Bertz CT molecular complexity index is 603. The zero-order chi connectivity index (χ0) is 14.0. The molecule has 1 aliphatic heterocycles. The second-order valence-corrected chi connectivity index (χ2v) is 5.19. The first kappa shape index (κ1) is 12.9. The monoisotopic (exact) mass is 271 g/mol. The lowest BCUT2D eigenvalue weighted by atomic mass is 9.87. The lowest BCUT2D eigenvalue weighted by molar-refractivity contribution is -0.133. The average molecular weight is 271 g/mol. The molecule has 0 saturated carbocycles. The minimum Gasteiger partial charge on any atom is -0.376 e. The summed E-state index contributed by atoms with van der Waals surface area (Å²) in [7, 11) is 1.84. The highest BCUT2D eigenvalue weighted by Crippen LogP contribution is 2.29. The van der Waals surface area contributed by atoms with E-state index in [-0.39, 0.29) is 11.4 Å². The quantitative estimate of drug-likeness (QED) is 0.902. The van der Waals surface area contributed by atoms with Gasteiger partial charge in [0.05, 0.1) is 25.8 Å². The Hall–Kier alpha value is -2.14. The molecule has 1 aromatic heterocycles. The van der Waals surface area contributed by atoms with Crippen molar-refractivity contribution in [2.24, 2.45) is 7.05 Å². The van der Waals surface area contributed by atoms with Crippen LogP contribution in [-0.4, -0.2) is 28.9 Å². The molecule has 5 nitrogen and oxygen atoms in total. The van der Waals surface area contributed by atoms with Crippen LogP contribution in [0, 0.1) is 0 Å². The molecule has 1 aromatic carbocycles. The Kier molecular flexibility index (Phi) is 3.28. The molecular weight excluding hydrogens is 254 g/mol. The number of benzene rings is 1. The molecule has 1 amide bonds. The summed E-state index contributed by atoms with van der Waals surface area (Å²) in [6.45, 7) is 1.05. The van der Waals surface area contributed by atoms with Crippen molar-refractivity contribution in [3.63, 3.8) is 0 Å². The summed E-state index contributed by atoms with van der Waals surface area (Å²) < 4.78 is 7.01. The number of hydrogen-bond donors (Lipinski definition) is 1. The smallest absolute Gasteiger partial charge is 0.225 e. The van der Waals surface area contributed by atoms with Gasteiger partial charge in [0.2, 0.25) is 5.91 Å². The van der Waals surface area contributed by atoms with Crippen LogP contribution in [0.15, 0.2) is 42.7 Å². The van der Waals surface area contributed by atoms with Crippen molar-refractivity contribution in [2.75, 3.05) is 13.2 Å². The van der Waals surface area contributed by atoms with Crippen molar-refractivity contribution >= 4 is 5.91 Å². The third-order valence-corrected chi connectivity index (χ3v) is 3.53. The molecule has 20 heavy (non-hydrogen) atoms. The largest absolute Gasteiger partial charge is 0.376 e. The van der Waals surface area contributed by atoms with Crippen molar-refractivity contribution in [3.8, 4) is 0 Å². The van der Waals surface area contributed by atoms with Gasteiger partial charge in [-0.15, -0.1) is 0 Å². The predicted octanol–water partition coefficient (Wildman–Crippen LogP) is 1.00. The van der Waals surface area contributed by atoms with Gasteiger partial charge in [0.25, 0.3) is 0 Å². The standard InChI is InChI=1S/C15H17N3O2/c1-18-9-12(8-16-18)7-14(19)17-15(10-20-11-15)13-5-3-2-4-6-13/h2-6,8-9H,7,10-11H2,1H3,(H,17,19). The molecule has 0 radical (unpaired) electrons. The highest BCUT2D eigenvalue weighted by molar-refractivity contribution is 5.79. The summed E-state index contributed by atoms with van der Waals surface area (Å²) in [5.41, 5.74) is 1.62. The molecule has 1 saturated heterocycles. The minimum absolute atomic E-state index is 0.00912. The topological polar surface area (TPSA) is 56.2 Å². The highest BCUT2D eigenvalue weighted by Gasteiger charge is 2.41. The summed E-state index contributed by atoms with van der Waals surface area (Å²) in [6, 6.07) is 9.96. The van der Waals surface area contributed by atoms with E-state index in [2.05, 4.69) is 10.4 Å². The van der Waals surface area contributed by atoms with E-state index < -0.39 is 0 Å². The molecule has 0 bridgehead atoms. The molecule has 2 heterocycles. The average Bonchev–Trinajstić information content (AvgIpc) is 2.80. The van der Waals surface area contributed by atoms with Crippen molar-refractivity contribution in [1.82, 2.24) is 15.1 Å². The minimum atomic E-state index is -0.374. The van der Waals surface area contributed by atoms with Gasteiger partial charge < -0.3 is 10.1 Å². The highest BCUT2D eigenvalue weighted by atomic mass is 16.5. The Morgan fingerprint density at radius 1 is 1.40 bits per heavy atom. The maximum absolute atomic E-state index is 12.2. The van der Waals surface area contributed by atoms with E-state index in [4.69, 9.17) is 4.74 Å². The first-order valence-electron chi connectivity index (χ1n) is 6.60. The summed E-state index contributed by atoms with van der Waals surface area (Å²) >= 11 is 0. The van der Waals surface area contributed by atoms with Gasteiger partial charge in [-0.1, -0.05) is 30.3 Å². The van der Waals surface area contributed by atoms with Crippen LogP contribution in [0.25, 0.3) is 0 Å². The van der Waals surface area contributed by atoms with E-state index in [0.29, 0.717) is 19.6 Å². The van der Waals surface area contributed by atoms with E-state index in [1.165, 1.54) is 0 Å². The van der Waals surface area contributed by atoms with Gasteiger partial charge in [-0.25, -0.2) is 0 Å². The van der Waals surface area contributed by atoms with Crippen molar-refractivity contribution in [3.05, 3.63) is 53.9 Å². The van der Waals surface area contributed by atoms with Gasteiger partial charge in [-0.3, -0.25) is 9.48 Å². The molecule has 0 atom stereocenters. The van der Waals surface area contributed by atoms with Gasteiger partial charge in [0.15, 0.2) is 0 Å². The zero-order valence-corrected chi connectivity index (χ0v) is 11.4. The normalized spacial score (nSPS) is 16.4. The van der Waals surface area contributed by atoms with E-state index in [0.717, 1.165) is 11.1 Å². The summed E-state index contributed by atoms with van der Waals surface area (Å²) in [5, 5.41) is 7.17. The predicted molar refractivity (Wildman–Crippen MR) is 74.0 cm³/mol. The molecule has 3 rings (SSSR count). The van der Waals surface area contributed by atoms with Crippen molar-refractivity contribution in [2.45, 2.75) is 12.0 Å². The number of nitrogens with one attached hydrogen (secondary N) is 1. The number of aryl methyl sites for hydroxylation is 1. The van der Waals surface area contributed by atoms with Crippen LogP contribution in [0.3, 0.4) is 0 Å². The van der Waals surface area contributed by atoms with Crippen molar-refractivity contribution < 1.29 is 9.53 Å². The number of nitrogens with zero attached hydrogens (tertiary/aromatic N) is 2. The Balaban J connectivity index is 1.70. The van der Waals surface area contributed by atoms with Crippen LogP contribution in [0.1, 0.15) is 11.1 Å².